The molecule has 0 radical (unpaired) electrons. The Kier molecular flexibility index (Phi) is 7.41. The first-order valence-corrected chi connectivity index (χ1v) is 9.41. The first-order chi connectivity index (χ1) is 13.0. The predicted octanol–water partition coefficient (Wildman–Crippen LogP) is 4.18. The molecule has 144 valence electrons. The van der Waals surface area contributed by atoms with Crippen molar-refractivity contribution in [2.75, 3.05) is 5.32 Å². The van der Waals surface area contributed by atoms with Crippen LogP contribution in [0.4, 0.5) is 5.69 Å². The zero-order chi connectivity index (χ0) is 19.8. The van der Waals surface area contributed by atoms with Crippen molar-refractivity contribution in [1.29, 1.82) is 0 Å². The van der Waals surface area contributed by atoms with Crippen LogP contribution in [0.2, 0.25) is 0 Å². The summed E-state index contributed by atoms with van der Waals surface area (Å²) in [6.45, 7) is 7.69. The molecular formula is C22H28N2O3. The Bertz CT molecular complexity index is 789. The Morgan fingerprint density at radius 3 is 2.37 bits per heavy atom. The molecule has 2 aromatic carbocycles. The van der Waals surface area contributed by atoms with Crippen LogP contribution in [-0.4, -0.2) is 24.0 Å². The molecule has 0 saturated heterocycles. The summed E-state index contributed by atoms with van der Waals surface area (Å²) < 4.78 is 5.84. The molecule has 0 heterocycles. The van der Waals surface area contributed by atoms with E-state index in [2.05, 4.69) is 10.6 Å². The van der Waals surface area contributed by atoms with Gasteiger partial charge in [0.05, 0.1) is 11.3 Å². The van der Waals surface area contributed by atoms with Gasteiger partial charge in [0.15, 0.2) is 6.10 Å². The van der Waals surface area contributed by atoms with E-state index in [1.165, 1.54) is 0 Å². The molecule has 0 aliphatic heterocycles. The minimum atomic E-state index is -0.691. The van der Waals surface area contributed by atoms with Crippen LogP contribution in [-0.2, 0) is 11.2 Å². The summed E-state index contributed by atoms with van der Waals surface area (Å²) in [7, 11) is 0. The molecule has 2 aromatic rings. The second-order valence-corrected chi connectivity index (χ2v) is 6.54. The maximum atomic E-state index is 12.6. The van der Waals surface area contributed by atoms with Crippen LogP contribution in [0, 0.1) is 0 Å². The monoisotopic (exact) mass is 368 g/mol. The van der Waals surface area contributed by atoms with Crippen molar-refractivity contribution in [3.63, 3.8) is 0 Å². The zero-order valence-corrected chi connectivity index (χ0v) is 16.4. The van der Waals surface area contributed by atoms with Gasteiger partial charge in [0.2, 0.25) is 0 Å². The van der Waals surface area contributed by atoms with Crippen LogP contribution >= 0.6 is 0 Å². The molecule has 2 rings (SSSR count). The zero-order valence-electron chi connectivity index (χ0n) is 16.4. The van der Waals surface area contributed by atoms with E-state index in [9.17, 15) is 9.59 Å². The molecule has 27 heavy (non-hydrogen) atoms. The van der Waals surface area contributed by atoms with Crippen LogP contribution in [0.25, 0.3) is 0 Å². The van der Waals surface area contributed by atoms with E-state index in [0.29, 0.717) is 17.0 Å². The van der Waals surface area contributed by atoms with Crippen LogP contribution in [0.1, 0.15) is 50.0 Å². The lowest BCUT2D eigenvalue weighted by atomic mass is 10.1. The van der Waals surface area contributed by atoms with Gasteiger partial charge in [-0.15, -0.1) is 0 Å². The highest BCUT2D eigenvalue weighted by atomic mass is 16.5. The van der Waals surface area contributed by atoms with Crippen LogP contribution in [0.3, 0.4) is 0 Å². The van der Waals surface area contributed by atoms with Crippen molar-refractivity contribution < 1.29 is 14.3 Å². The highest BCUT2D eigenvalue weighted by Gasteiger charge is 2.19. The Hall–Kier alpha value is -2.82. The summed E-state index contributed by atoms with van der Waals surface area (Å²) in [4.78, 5) is 25.1. The minimum absolute atomic E-state index is 0.0639. The summed E-state index contributed by atoms with van der Waals surface area (Å²) in [5.74, 6) is 0.195. The molecule has 0 aliphatic rings. The third-order valence-corrected chi connectivity index (χ3v) is 4.45. The van der Waals surface area contributed by atoms with E-state index in [4.69, 9.17) is 4.74 Å². The third kappa shape index (κ3) is 5.58. The fraction of sp³-hybridized carbons (Fsp3) is 0.364. The number of benzene rings is 2. The lowest BCUT2D eigenvalue weighted by Crippen LogP contribution is -2.34. The van der Waals surface area contributed by atoms with Crippen molar-refractivity contribution in [1.82, 2.24) is 5.32 Å². The quantitative estimate of drug-likeness (QED) is 0.734. The molecule has 5 heteroatoms. The molecule has 2 N–H and O–H groups in total. The number of ether oxygens (including phenoxy) is 1. The van der Waals surface area contributed by atoms with Gasteiger partial charge in [-0.3, -0.25) is 9.59 Å². The SMILES string of the molecule is CCc1ccccc1O[C@@H](C)C(=O)Nc1ccccc1C(=O)N[C@H](C)CC. The number of anilines is 1. The summed E-state index contributed by atoms with van der Waals surface area (Å²) in [5.41, 5.74) is 1.96. The number of amides is 2. The Morgan fingerprint density at radius 1 is 1.00 bits per heavy atom. The molecule has 0 spiro atoms. The van der Waals surface area contributed by atoms with Gasteiger partial charge in [-0.2, -0.15) is 0 Å². The average Bonchev–Trinajstić information content (AvgIpc) is 2.68. The van der Waals surface area contributed by atoms with E-state index < -0.39 is 6.10 Å². The molecule has 2 atom stereocenters. The number of nitrogens with one attached hydrogen (secondary N) is 2. The van der Waals surface area contributed by atoms with Gasteiger partial charge in [-0.05, 0) is 50.5 Å². The lowest BCUT2D eigenvalue weighted by Gasteiger charge is -2.18. The fourth-order valence-corrected chi connectivity index (χ4v) is 2.58. The van der Waals surface area contributed by atoms with Gasteiger partial charge in [0, 0.05) is 6.04 Å². The van der Waals surface area contributed by atoms with E-state index >= 15 is 0 Å². The number of para-hydroxylation sites is 2. The number of carbonyl (C=O) groups excluding carboxylic acids is 2. The van der Waals surface area contributed by atoms with E-state index in [1.54, 1.807) is 31.2 Å². The maximum Gasteiger partial charge on any atom is 0.265 e. The molecule has 0 bridgehead atoms. The second-order valence-electron chi connectivity index (χ2n) is 6.54. The molecule has 5 nitrogen and oxygen atoms in total. The van der Waals surface area contributed by atoms with Crippen LogP contribution in [0.5, 0.6) is 5.75 Å². The maximum absolute atomic E-state index is 12.6. The Labute approximate surface area is 161 Å². The van der Waals surface area contributed by atoms with E-state index in [0.717, 1.165) is 18.4 Å². The number of aryl methyl sites for hydroxylation is 1. The molecule has 0 fully saturated rings. The number of hydrogen-bond acceptors (Lipinski definition) is 3. The average molecular weight is 368 g/mol. The standard InChI is InChI=1S/C22H28N2O3/c1-5-15(3)23-22(26)18-12-8-9-13-19(18)24-21(25)16(4)27-20-14-10-7-11-17(20)6-2/h7-16H,5-6H2,1-4H3,(H,23,26)(H,24,25)/t15-,16+/m1/s1. The van der Waals surface area contributed by atoms with Crippen molar-refractivity contribution in [2.45, 2.75) is 52.7 Å². The normalized spacial score (nSPS) is 12.7. The van der Waals surface area contributed by atoms with Gasteiger partial charge in [0.25, 0.3) is 11.8 Å². The van der Waals surface area contributed by atoms with Crippen molar-refractivity contribution in [2.24, 2.45) is 0 Å². The predicted molar refractivity (Wildman–Crippen MR) is 108 cm³/mol. The number of carbonyl (C=O) groups is 2. The molecule has 0 aliphatic carbocycles. The van der Waals surface area contributed by atoms with Crippen LogP contribution < -0.4 is 15.4 Å². The van der Waals surface area contributed by atoms with Crippen molar-refractivity contribution >= 4 is 17.5 Å². The summed E-state index contributed by atoms with van der Waals surface area (Å²) >= 11 is 0. The molecule has 0 saturated carbocycles. The Balaban J connectivity index is 2.10. The van der Waals surface area contributed by atoms with Gasteiger partial charge >= 0.3 is 0 Å². The first-order valence-electron chi connectivity index (χ1n) is 9.41. The summed E-state index contributed by atoms with van der Waals surface area (Å²) in [6.07, 6.45) is 0.967. The van der Waals surface area contributed by atoms with E-state index in [1.807, 2.05) is 45.0 Å². The highest BCUT2D eigenvalue weighted by molar-refractivity contribution is 6.04. The van der Waals surface area contributed by atoms with Gasteiger partial charge < -0.3 is 15.4 Å². The van der Waals surface area contributed by atoms with Crippen molar-refractivity contribution in [3.05, 3.63) is 59.7 Å². The highest BCUT2D eigenvalue weighted by Crippen LogP contribution is 2.21. The van der Waals surface area contributed by atoms with Gasteiger partial charge in [-0.1, -0.05) is 44.2 Å². The number of rotatable bonds is 8. The summed E-state index contributed by atoms with van der Waals surface area (Å²) in [6, 6.07) is 14.7. The summed E-state index contributed by atoms with van der Waals surface area (Å²) in [5, 5.41) is 5.74. The topological polar surface area (TPSA) is 67.4 Å². The fourth-order valence-electron chi connectivity index (χ4n) is 2.58. The third-order valence-electron chi connectivity index (χ3n) is 4.45. The molecule has 2 amide bonds. The van der Waals surface area contributed by atoms with Gasteiger partial charge in [-0.25, -0.2) is 0 Å². The first kappa shape index (κ1) is 20.5. The number of hydrogen-bond donors (Lipinski definition) is 2. The molecule has 0 unspecified atom stereocenters. The van der Waals surface area contributed by atoms with Crippen molar-refractivity contribution in [3.8, 4) is 5.75 Å². The van der Waals surface area contributed by atoms with E-state index in [-0.39, 0.29) is 17.9 Å². The molecule has 0 aromatic heterocycles. The van der Waals surface area contributed by atoms with Crippen LogP contribution in [0.15, 0.2) is 48.5 Å². The lowest BCUT2D eigenvalue weighted by molar-refractivity contribution is -0.122. The minimum Gasteiger partial charge on any atom is -0.481 e. The molecular weight excluding hydrogens is 340 g/mol. The Morgan fingerprint density at radius 2 is 1.67 bits per heavy atom. The smallest absolute Gasteiger partial charge is 0.265 e. The second kappa shape index (κ2) is 9.76. The van der Waals surface area contributed by atoms with Gasteiger partial charge in [0.1, 0.15) is 5.75 Å². The largest absolute Gasteiger partial charge is 0.481 e.